The van der Waals surface area contributed by atoms with Gasteiger partial charge in [-0.1, -0.05) is 24.3 Å². The fraction of sp³-hybridized carbons (Fsp3) is 0.0909. The van der Waals surface area contributed by atoms with Crippen molar-refractivity contribution in [3.63, 3.8) is 0 Å². The number of fused-ring (bicyclic) bond motifs is 8. The van der Waals surface area contributed by atoms with Gasteiger partial charge in [-0.05, 0) is 42.5 Å². The maximum Gasteiger partial charge on any atom is 0.276 e. The number of anilines is 2. The molecule has 0 saturated carbocycles. The normalized spacial score (nSPS) is 19.0. The monoisotopic (exact) mass is 368 g/mol. The van der Waals surface area contributed by atoms with Gasteiger partial charge in [0.05, 0.1) is 18.1 Å². The van der Waals surface area contributed by atoms with E-state index in [9.17, 15) is 4.79 Å². The van der Waals surface area contributed by atoms with Gasteiger partial charge in [-0.15, -0.1) is 0 Å². The second-order valence-electron chi connectivity index (χ2n) is 7.01. The number of aromatic nitrogens is 2. The van der Waals surface area contributed by atoms with Crippen LogP contribution in [0.25, 0.3) is 22.4 Å². The summed E-state index contributed by atoms with van der Waals surface area (Å²) in [7, 11) is 1.63. The van der Waals surface area contributed by atoms with Gasteiger partial charge in [0.1, 0.15) is 11.6 Å². The van der Waals surface area contributed by atoms with Crippen molar-refractivity contribution in [2.45, 2.75) is 5.66 Å². The molecule has 6 nitrogen and oxygen atoms in total. The molecule has 2 aliphatic heterocycles. The summed E-state index contributed by atoms with van der Waals surface area (Å²) in [5.74, 6) is 1.32. The topological polar surface area (TPSA) is 68.2 Å². The first-order valence-electron chi connectivity index (χ1n) is 9.08. The van der Waals surface area contributed by atoms with E-state index in [-0.39, 0.29) is 5.91 Å². The maximum atomic E-state index is 13.5. The van der Waals surface area contributed by atoms with E-state index in [2.05, 4.69) is 10.6 Å². The third-order valence-electron chi connectivity index (χ3n) is 5.57. The molecule has 28 heavy (non-hydrogen) atoms. The lowest BCUT2D eigenvalue weighted by molar-refractivity contribution is -0.120. The van der Waals surface area contributed by atoms with Gasteiger partial charge in [0.15, 0.2) is 0 Å². The molecule has 0 bridgehead atoms. The molecule has 1 aromatic heterocycles. The summed E-state index contributed by atoms with van der Waals surface area (Å²) in [6.45, 7) is 0. The van der Waals surface area contributed by atoms with Crippen LogP contribution in [0.1, 0.15) is 5.56 Å². The first kappa shape index (κ1) is 15.3. The molecule has 1 atom stereocenters. The van der Waals surface area contributed by atoms with Crippen LogP contribution in [0, 0.1) is 0 Å². The summed E-state index contributed by atoms with van der Waals surface area (Å²) < 4.78 is 7.45. The molecule has 1 spiro atoms. The highest BCUT2D eigenvalue weighted by Crippen LogP contribution is 2.49. The predicted molar refractivity (Wildman–Crippen MR) is 107 cm³/mol. The Labute approximate surface area is 160 Å². The zero-order valence-electron chi connectivity index (χ0n) is 15.1. The fourth-order valence-electron chi connectivity index (χ4n) is 4.32. The minimum Gasteiger partial charge on any atom is -0.497 e. The Morgan fingerprint density at radius 3 is 2.71 bits per heavy atom. The summed E-state index contributed by atoms with van der Waals surface area (Å²) >= 11 is 0. The Balaban J connectivity index is 1.77. The number of hydrogen-bond acceptors (Lipinski definition) is 4. The Bertz CT molecular complexity index is 1290. The number of benzene rings is 3. The van der Waals surface area contributed by atoms with E-state index in [0.29, 0.717) is 5.75 Å². The molecular formula is C22H16N4O2. The van der Waals surface area contributed by atoms with E-state index in [4.69, 9.17) is 9.72 Å². The van der Waals surface area contributed by atoms with Crippen LogP contribution in [0.3, 0.4) is 0 Å². The number of nitrogens with zero attached hydrogens (tertiary/aromatic N) is 2. The predicted octanol–water partition coefficient (Wildman–Crippen LogP) is 3.79. The van der Waals surface area contributed by atoms with Crippen LogP contribution in [0.4, 0.5) is 11.4 Å². The largest absolute Gasteiger partial charge is 0.497 e. The molecule has 0 saturated heterocycles. The highest BCUT2D eigenvalue weighted by molar-refractivity contribution is 6.10. The SMILES string of the molecule is COc1ccc2c(c1)C1(Nc3ccccc3-c3nc4ccccc4n31)C(=O)N2. The minimum absolute atomic E-state index is 0.144. The molecule has 2 aliphatic rings. The molecule has 0 radical (unpaired) electrons. The molecule has 4 aromatic rings. The third kappa shape index (κ3) is 1.72. The van der Waals surface area contributed by atoms with Crippen molar-refractivity contribution in [1.82, 2.24) is 9.55 Å². The van der Waals surface area contributed by atoms with Gasteiger partial charge >= 0.3 is 0 Å². The second-order valence-corrected chi connectivity index (χ2v) is 7.01. The Morgan fingerprint density at radius 1 is 1.00 bits per heavy atom. The number of nitrogens with one attached hydrogen (secondary N) is 2. The molecule has 6 rings (SSSR count). The first-order chi connectivity index (χ1) is 13.7. The van der Waals surface area contributed by atoms with E-state index >= 15 is 0 Å². The molecule has 3 heterocycles. The number of carbonyl (C=O) groups excluding carboxylic acids is 1. The second kappa shape index (κ2) is 5.13. The summed E-state index contributed by atoms with van der Waals surface area (Å²) in [5, 5.41) is 6.55. The zero-order valence-corrected chi connectivity index (χ0v) is 15.1. The van der Waals surface area contributed by atoms with Gasteiger partial charge < -0.3 is 15.4 Å². The Morgan fingerprint density at radius 2 is 1.82 bits per heavy atom. The molecule has 3 aromatic carbocycles. The lowest BCUT2D eigenvalue weighted by Crippen LogP contribution is -2.50. The van der Waals surface area contributed by atoms with Gasteiger partial charge in [0, 0.05) is 22.5 Å². The van der Waals surface area contributed by atoms with E-state index < -0.39 is 5.66 Å². The van der Waals surface area contributed by atoms with E-state index in [0.717, 1.165) is 39.4 Å². The van der Waals surface area contributed by atoms with E-state index in [1.54, 1.807) is 7.11 Å². The summed E-state index contributed by atoms with van der Waals surface area (Å²) in [4.78, 5) is 18.3. The first-order valence-corrected chi connectivity index (χ1v) is 9.08. The van der Waals surface area contributed by atoms with Gasteiger partial charge in [-0.25, -0.2) is 4.98 Å². The van der Waals surface area contributed by atoms with Crippen molar-refractivity contribution < 1.29 is 9.53 Å². The number of ether oxygens (including phenoxy) is 1. The molecule has 1 amide bonds. The summed E-state index contributed by atoms with van der Waals surface area (Å²) in [6.07, 6.45) is 0. The number of amides is 1. The number of methoxy groups -OCH3 is 1. The number of para-hydroxylation sites is 3. The Hall–Kier alpha value is -3.80. The molecule has 136 valence electrons. The van der Waals surface area contributed by atoms with Crippen LogP contribution >= 0.6 is 0 Å². The summed E-state index contributed by atoms with van der Waals surface area (Å²) in [5.41, 5.74) is 4.02. The van der Waals surface area contributed by atoms with Gasteiger partial charge in [0.2, 0.25) is 5.66 Å². The van der Waals surface area contributed by atoms with Crippen LogP contribution in [0.2, 0.25) is 0 Å². The van der Waals surface area contributed by atoms with Crippen molar-refractivity contribution in [3.8, 4) is 17.1 Å². The standard InChI is InChI=1S/C22H16N4O2/c1-28-13-10-11-17-15(12-13)22(21(27)24-17)25-16-7-3-2-6-14(16)20-23-18-8-4-5-9-19(18)26(20)22/h2-12,25H,1H3,(H,24,27). The van der Waals surface area contributed by atoms with Crippen molar-refractivity contribution in [2.75, 3.05) is 17.7 Å². The van der Waals surface area contributed by atoms with Crippen LogP contribution in [-0.4, -0.2) is 22.6 Å². The van der Waals surface area contributed by atoms with Crippen molar-refractivity contribution in [1.29, 1.82) is 0 Å². The number of carbonyl (C=O) groups is 1. The van der Waals surface area contributed by atoms with Gasteiger partial charge in [-0.2, -0.15) is 0 Å². The number of imidazole rings is 1. The molecule has 0 fully saturated rings. The lowest BCUT2D eigenvalue weighted by Gasteiger charge is -2.37. The van der Waals surface area contributed by atoms with E-state index in [1.807, 2.05) is 71.3 Å². The average molecular weight is 368 g/mol. The van der Waals surface area contributed by atoms with Crippen LogP contribution in [0.15, 0.2) is 66.7 Å². The zero-order chi connectivity index (χ0) is 18.9. The smallest absolute Gasteiger partial charge is 0.276 e. The molecular weight excluding hydrogens is 352 g/mol. The fourth-order valence-corrected chi connectivity index (χ4v) is 4.32. The summed E-state index contributed by atoms with van der Waals surface area (Å²) in [6, 6.07) is 21.5. The Kier molecular flexibility index (Phi) is 2.80. The lowest BCUT2D eigenvalue weighted by atomic mass is 9.95. The van der Waals surface area contributed by atoms with Crippen LogP contribution in [-0.2, 0) is 10.5 Å². The highest BCUT2D eigenvalue weighted by atomic mass is 16.5. The quantitative estimate of drug-likeness (QED) is 0.536. The average Bonchev–Trinajstić information content (AvgIpc) is 3.25. The van der Waals surface area contributed by atoms with Crippen LogP contribution in [0.5, 0.6) is 5.75 Å². The third-order valence-corrected chi connectivity index (χ3v) is 5.57. The molecule has 6 heteroatoms. The van der Waals surface area contributed by atoms with Crippen molar-refractivity contribution in [2.24, 2.45) is 0 Å². The number of rotatable bonds is 1. The maximum absolute atomic E-state index is 13.5. The highest BCUT2D eigenvalue weighted by Gasteiger charge is 2.53. The van der Waals surface area contributed by atoms with Crippen molar-refractivity contribution >= 4 is 28.3 Å². The van der Waals surface area contributed by atoms with Gasteiger partial charge in [-0.3, -0.25) is 9.36 Å². The molecule has 1 unspecified atom stereocenters. The molecule has 2 N–H and O–H groups in total. The van der Waals surface area contributed by atoms with Crippen LogP contribution < -0.4 is 15.4 Å². The minimum atomic E-state index is -1.14. The van der Waals surface area contributed by atoms with Crippen molar-refractivity contribution in [3.05, 3.63) is 72.3 Å². The molecule has 0 aliphatic carbocycles. The van der Waals surface area contributed by atoms with E-state index in [1.165, 1.54) is 0 Å². The number of hydrogen-bond donors (Lipinski definition) is 2. The van der Waals surface area contributed by atoms with Gasteiger partial charge in [0.25, 0.3) is 5.91 Å².